The lowest BCUT2D eigenvalue weighted by Crippen LogP contribution is -2.39. The van der Waals surface area contributed by atoms with Crippen molar-refractivity contribution in [1.82, 2.24) is 4.90 Å². The van der Waals surface area contributed by atoms with Gasteiger partial charge in [0.05, 0.1) is 31.1 Å². The van der Waals surface area contributed by atoms with Crippen molar-refractivity contribution in [2.45, 2.75) is 30.6 Å². The Labute approximate surface area is 167 Å². The molecule has 1 amide bonds. The third-order valence-electron chi connectivity index (χ3n) is 4.75. The molecule has 0 saturated carbocycles. The first-order valence-corrected chi connectivity index (χ1v) is 11.6. The van der Waals surface area contributed by atoms with Crippen molar-refractivity contribution in [2.75, 3.05) is 25.2 Å². The largest absolute Gasteiger partial charge is 0.497 e. The van der Waals surface area contributed by atoms with Gasteiger partial charge in [0.1, 0.15) is 5.75 Å². The Morgan fingerprint density at radius 2 is 1.96 bits per heavy atom. The van der Waals surface area contributed by atoms with Crippen LogP contribution in [0.1, 0.15) is 18.4 Å². The summed E-state index contributed by atoms with van der Waals surface area (Å²) in [6.45, 7) is 0.529. The zero-order valence-corrected chi connectivity index (χ0v) is 17.0. The molecular formula is C18H22N2O6S2. The molecule has 0 unspecified atom stereocenters. The van der Waals surface area contributed by atoms with Crippen molar-refractivity contribution in [3.8, 4) is 5.75 Å². The minimum absolute atomic E-state index is 0.0512. The number of fused-ring (bicyclic) bond motifs is 1. The van der Waals surface area contributed by atoms with Gasteiger partial charge in [-0.25, -0.2) is 8.42 Å². The average molecular weight is 427 g/mol. The molecule has 28 heavy (non-hydrogen) atoms. The lowest BCUT2D eigenvalue weighted by Gasteiger charge is -2.24. The maximum atomic E-state index is 12.0. The molecule has 1 aromatic rings. The highest BCUT2D eigenvalue weighted by Gasteiger charge is 2.48. The third kappa shape index (κ3) is 5.05. The number of aliphatic imine (C=N–C) groups is 1. The molecule has 2 aliphatic heterocycles. The number of carbonyl (C=O) groups is 2. The van der Waals surface area contributed by atoms with Gasteiger partial charge in [-0.05, 0) is 24.1 Å². The molecule has 0 aliphatic carbocycles. The third-order valence-corrected chi connectivity index (χ3v) is 8.00. The number of thioether (sulfide) groups is 1. The smallest absolute Gasteiger partial charge is 0.303 e. The Bertz CT molecular complexity index is 882. The molecule has 8 nitrogen and oxygen atoms in total. The number of methoxy groups -OCH3 is 1. The number of ether oxygens (including phenoxy) is 1. The van der Waals surface area contributed by atoms with E-state index >= 15 is 0 Å². The summed E-state index contributed by atoms with van der Waals surface area (Å²) in [6.07, 6.45) is 0.225. The fourth-order valence-electron chi connectivity index (χ4n) is 3.32. The highest BCUT2D eigenvalue weighted by Crippen LogP contribution is 2.38. The van der Waals surface area contributed by atoms with Crippen LogP contribution in [0.2, 0.25) is 0 Å². The summed E-state index contributed by atoms with van der Waals surface area (Å²) in [5.74, 6) is -0.665. The summed E-state index contributed by atoms with van der Waals surface area (Å²) in [5, 5.41) is 9.07. The van der Waals surface area contributed by atoms with Crippen LogP contribution in [0.5, 0.6) is 5.75 Å². The Kier molecular flexibility index (Phi) is 6.29. The van der Waals surface area contributed by atoms with Gasteiger partial charge in [0.15, 0.2) is 15.0 Å². The van der Waals surface area contributed by atoms with Gasteiger partial charge < -0.3 is 14.7 Å². The summed E-state index contributed by atoms with van der Waals surface area (Å²) in [7, 11) is -1.50. The zero-order chi connectivity index (χ0) is 20.3. The molecule has 2 fully saturated rings. The topological polar surface area (TPSA) is 113 Å². The molecule has 2 aliphatic rings. The van der Waals surface area contributed by atoms with Gasteiger partial charge in [-0.15, -0.1) is 0 Å². The van der Waals surface area contributed by atoms with Crippen LogP contribution in [0.4, 0.5) is 0 Å². The molecule has 0 aromatic heterocycles. The number of nitrogens with zero attached hydrogens (tertiary/aromatic N) is 2. The molecular weight excluding hydrogens is 404 g/mol. The number of carbonyl (C=O) groups excluding carboxylic acids is 1. The van der Waals surface area contributed by atoms with E-state index in [0.717, 1.165) is 11.3 Å². The molecule has 1 N–H and O–H groups in total. The molecule has 2 heterocycles. The number of amides is 1. The Morgan fingerprint density at radius 1 is 1.25 bits per heavy atom. The molecule has 3 rings (SSSR count). The number of carboxylic acids is 1. The quantitative estimate of drug-likeness (QED) is 0.692. The fraction of sp³-hybridized carbons (Fsp3) is 0.500. The van der Waals surface area contributed by atoms with E-state index in [4.69, 9.17) is 9.84 Å². The minimum Gasteiger partial charge on any atom is -0.497 e. The van der Waals surface area contributed by atoms with Crippen molar-refractivity contribution in [1.29, 1.82) is 0 Å². The van der Waals surface area contributed by atoms with Crippen molar-refractivity contribution in [3.05, 3.63) is 29.8 Å². The van der Waals surface area contributed by atoms with Crippen molar-refractivity contribution < 1.29 is 27.9 Å². The second-order valence-electron chi connectivity index (χ2n) is 6.77. The van der Waals surface area contributed by atoms with E-state index < -0.39 is 21.7 Å². The first kappa shape index (κ1) is 20.7. The van der Waals surface area contributed by atoms with E-state index in [2.05, 4.69) is 4.99 Å². The molecule has 10 heteroatoms. The van der Waals surface area contributed by atoms with E-state index in [-0.39, 0.29) is 35.6 Å². The number of carboxylic acid groups (broad SMARTS) is 1. The maximum absolute atomic E-state index is 12.0. The van der Waals surface area contributed by atoms with Crippen molar-refractivity contribution in [2.24, 2.45) is 4.99 Å². The number of amidine groups is 1. The van der Waals surface area contributed by atoms with E-state index in [9.17, 15) is 18.0 Å². The van der Waals surface area contributed by atoms with Crippen LogP contribution < -0.4 is 4.74 Å². The SMILES string of the molecule is COc1ccc(CCN2C(=NC(=O)CCC(=O)O)S[C@H]3CS(=O)(=O)C[C@@H]32)cc1. The molecule has 0 bridgehead atoms. The number of hydrogen-bond acceptors (Lipinski definition) is 6. The number of hydrogen-bond donors (Lipinski definition) is 1. The van der Waals surface area contributed by atoms with Gasteiger partial charge in [-0.1, -0.05) is 23.9 Å². The molecule has 152 valence electrons. The van der Waals surface area contributed by atoms with Gasteiger partial charge in [0.25, 0.3) is 0 Å². The maximum Gasteiger partial charge on any atom is 0.303 e. The van der Waals surface area contributed by atoms with Crippen molar-refractivity contribution >= 4 is 38.6 Å². The molecule has 2 atom stereocenters. The number of benzene rings is 1. The van der Waals surface area contributed by atoms with Crippen LogP contribution in [-0.2, 0) is 25.8 Å². The number of rotatable bonds is 7. The average Bonchev–Trinajstić information content (AvgIpc) is 3.09. The lowest BCUT2D eigenvalue weighted by molar-refractivity contribution is -0.138. The van der Waals surface area contributed by atoms with Gasteiger partial charge in [-0.2, -0.15) is 4.99 Å². The predicted molar refractivity (Wildman–Crippen MR) is 107 cm³/mol. The second kappa shape index (κ2) is 8.52. The normalized spacial score (nSPS) is 24.3. The summed E-state index contributed by atoms with van der Waals surface area (Å²) in [5.41, 5.74) is 1.06. The Balaban J connectivity index is 1.73. The van der Waals surface area contributed by atoms with Crippen LogP contribution in [0.25, 0.3) is 0 Å². The minimum atomic E-state index is -3.10. The number of aliphatic carboxylic acids is 1. The van der Waals surface area contributed by atoms with E-state index in [1.807, 2.05) is 29.2 Å². The fourth-order valence-corrected chi connectivity index (χ4v) is 7.31. The summed E-state index contributed by atoms with van der Waals surface area (Å²) in [6, 6.07) is 7.40. The monoisotopic (exact) mass is 426 g/mol. The van der Waals surface area contributed by atoms with Crippen LogP contribution in [0, 0.1) is 0 Å². The standard InChI is InChI=1S/C18H22N2O6S2/c1-26-13-4-2-12(3-5-13)8-9-20-14-10-28(24,25)11-15(14)27-18(20)19-16(21)6-7-17(22)23/h2-5,14-15H,6-11H2,1H3,(H,22,23)/t14-,15-/m0/s1. The number of sulfone groups is 1. The Hall–Kier alpha value is -2.07. The van der Waals surface area contributed by atoms with E-state index in [1.54, 1.807) is 7.11 Å². The zero-order valence-electron chi connectivity index (χ0n) is 15.4. The van der Waals surface area contributed by atoms with Crippen LogP contribution in [0.3, 0.4) is 0 Å². The predicted octanol–water partition coefficient (Wildman–Crippen LogP) is 1.20. The van der Waals surface area contributed by atoms with Crippen molar-refractivity contribution in [3.63, 3.8) is 0 Å². The first-order valence-electron chi connectivity index (χ1n) is 8.87. The molecule has 0 radical (unpaired) electrons. The molecule has 1 aromatic carbocycles. The van der Waals surface area contributed by atoms with Crippen LogP contribution in [0.15, 0.2) is 29.3 Å². The summed E-state index contributed by atoms with van der Waals surface area (Å²) < 4.78 is 29.2. The molecule has 0 spiro atoms. The second-order valence-corrected chi connectivity index (χ2v) is 10.1. The first-order chi connectivity index (χ1) is 13.3. The van der Waals surface area contributed by atoms with Gasteiger partial charge in [0, 0.05) is 18.2 Å². The highest BCUT2D eigenvalue weighted by atomic mass is 32.2. The lowest BCUT2D eigenvalue weighted by atomic mass is 10.1. The van der Waals surface area contributed by atoms with Gasteiger partial charge in [0.2, 0.25) is 5.91 Å². The van der Waals surface area contributed by atoms with Crippen LogP contribution >= 0.6 is 11.8 Å². The summed E-state index contributed by atoms with van der Waals surface area (Å²) >= 11 is 1.30. The Morgan fingerprint density at radius 3 is 2.61 bits per heavy atom. The van der Waals surface area contributed by atoms with Gasteiger partial charge >= 0.3 is 5.97 Å². The molecule has 2 saturated heterocycles. The van der Waals surface area contributed by atoms with E-state index in [1.165, 1.54) is 11.8 Å². The van der Waals surface area contributed by atoms with Crippen LogP contribution in [-0.4, -0.2) is 71.9 Å². The van der Waals surface area contributed by atoms with E-state index in [0.29, 0.717) is 18.1 Å². The van der Waals surface area contributed by atoms with Gasteiger partial charge in [-0.3, -0.25) is 9.59 Å². The highest BCUT2D eigenvalue weighted by molar-refractivity contribution is 8.15. The summed E-state index contributed by atoms with van der Waals surface area (Å²) in [4.78, 5) is 28.6.